The van der Waals surface area contributed by atoms with Gasteiger partial charge in [0.1, 0.15) is 11.2 Å². The highest BCUT2D eigenvalue weighted by Crippen LogP contribution is 2.60. The molecule has 0 N–H and O–H groups in total. The number of benzene rings is 6. The van der Waals surface area contributed by atoms with Crippen LogP contribution in [0.4, 0.5) is 0 Å². The van der Waals surface area contributed by atoms with Crippen molar-refractivity contribution in [2.75, 3.05) is 0 Å². The first kappa shape index (κ1) is 29.2. The number of furan rings is 1. The predicted molar refractivity (Wildman–Crippen MR) is 206 cm³/mol. The summed E-state index contributed by atoms with van der Waals surface area (Å²) in [5.41, 5.74) is 8.75. The first-order valence-corrected chi connectivity index (χ1v) is 18.5. The van der Waals surface area contributed by atoms with E-state index < -0.39 is 0 Å². The Kier molecular flexibility index (Phi) is 6.40. The number of para-hydroxylation sites is 1. The normalized spacial score (nSPS) is 22.3. The van der Waals surface area contributed by atoms with Crippen molar-refractivity contribution in [3.63, 3.8) is 0 Å². The van der Waals surface area contributed by atoms with Gasteiger partial charge in [0, 0.05) is 33.0 Å². The molecule has 4 fully saturated rings. The fraction of sp³-hybridized carbons (Fsp3) is 0.213. The Labute approximate surface area is 297 Å². The first-order chi connectivity index (χ1) is 25.1. The molecule has 0 spiro atoms. The van der Waals surface area contributed by atoms with Crippen LogP contribution in [0.5, 0.6) is 0 Å². The average molecular weight is 660 g/mol. The van der Waals surface area contributed by atoms with Crippen molar-refractivity contribution in [1.82, 2.24) is 15.0 Å². The molecule has 6 aromatic carbocycles. The van der Waals surface area contributed by atoms with Gasteiger partial charge in [0.15, 0.2) is 17.5 Å². The van der Waals surface area contributed by atoms with Crippen molar-refractivity contribution in [2.45, 2.75) is 43.9 Å². The van der Waals surface area contributed by atoms with Crippen LogP contribution in [0.1, 0.15) is 44.1 Å². The Morgan fingerprint density at radius 3 is 1.82 bits per heavy atom. The minimum atomic E-state index is 0.363. The van der Waals surface area contributed by atoms with E-state index >= 15 is 0 Å². The van der Waals surface area contributed by atoms with Crippen molar-refractivity contribution in [3.8, 4) is 45.3 Å². The summed E-state index contributed by atoms with van der Waals surface area (Å²) in [5, 5.41) is 4.50. The lowest BCUT2D eigenvalue weighted by molar-refractivity contribution is -0.00518. The monoisotopic (exact) mass is 659 g/mol. The van der Waals surface area contributed by atoms with E-state index in [2.05, 4.69) is 109 Å². The second-order valence-electron chi connectivity index (χ2n) is 15.5. The fourth-order valence-corrected chi connectivity index (χ4v) is 10.3. The van der Waals surface area contributed by atoms with Gasteiger partial charge in [0.2, 0.25) is 0 Å². The molecule has 246 valence electrons. The predicted octanol–water partition coefficient (Wildman–Crippen LogP) is 12.1. The van der Waals surface area contributed by atoms with Crippen molar-refractivity contribution in [2.24, 2.45) is 17.8 Å². The van der Waals surface area contributed by atoms with E-state index in [1.165, 1.54) is 49.5 Å². The van der Waals surface area contributed by atoms with Gasteiger partial charge in [-0.15, -0.1) is 0 Å². The Morgan fingerprint density at radius 2 is 1.08 bits per heavy atom. The topological polar surface area (TPSA) is 51.8 Å². The number of hydrogen-bond acceptors (Lipinski definition) is 4. The number of rotatable bonds is 5. The third-order valence-electron chi connectivity index (χ3n) is 12.3. The summed E-state index contributed by atoms with van der Waals surface area (Å²) >= 11 is 0. The zero-order valence-electron chi connectivity index (χ0n) is 28.4. The molecule has 2 aromatic heterocycles. The third kappa shape index (κ3) is 4.84. The van der Waals surface area contributed by atoms with Gasteiger partial charge in [-0.3, -0.25) is 0 Å². The van der Waals surface area contributed by atoms with E-state index in [4.69, 9.17) is 19.4 Å². The minimum absolute atomic E-state index is 0.363. The van der Waals surface area contributed by atoms with E-state index in [-0.39, 0.29) is 0 Å². The molecule has 4 aliphatic carbocycles. The van der Waals surface area contributed by atoms with Crippen LogP contribution in [0.15, 0.2) is 138 Å². The maximum atomic E-state index is 6.63. The van der Waals surface area contributed by atoms with E-state index in [9.17, 15) is 0 Å². The van der Waals surface area contributed by atoms with Gasteiger partial charge in [-0.05, 0) is 108 Å². The summed E-state index contributed by atoms with van der Waals surface area (Å²) in [6, 6.07) is 47.3. The molecule has 4 bridgehead atoms. The summed E-state index contributed by atoms with van der Waals surface area (Å²) in [7, 11) is 0. The van der Waals surface area contributed by atoms with Gasteiger partial charge in [0.25, 0.3) is 0 Å². The van der Waals surface area contributed by atoms with Crippen molar-refractivity contribution < 1.29 is 4.42 Å². The average Bonchev–Trinajstić information content (AvgIpc) is 3.56. The first-order valence-electron chi connectivity index (χ1n) is 18.5. The number of nitrogens with zero attached hydrogens (tertiary/aromatic N) is 3. The molecule has 0 saturated heterocycles. The number of hydrogen-bond donors (Lipinski definition) is 0. The molecular weight excluding hydrogens is 623 g/mol. The van der Waals surface area contributed by atoms with E-state index in [0.717, 1.165) is 72.9 Å². The lowest BCUT2D eigenvalue weighted by Crippen LogP contribution is -2.48. The van der Waals surface area contributed by atoms with Gasteiger partial charge >= 0.3 is 0 Å². The fourth-order valence-electron chi connectivity index (χ4n) is 10.3. The molecule has 0 atom stereocenters. The summed E-state index contributed by atoms with van der Waals surface area (Å²) in [4.78, 5) is 15.4. The number of aromatic nitrogens is 3. The largest absolute Gasteiger partial charge is 0.455 e. The third-order valence-corrected chi connectivity index (χ3v) is 12.3. The minimum Gasteiger partial charge on any atom is -0.455 e. The molecule has 0 aliphatic heterocycles. The standard InChI is InChI=1S/C47H37N3O/c1-2-9-34(10-3-1)44-48-45(36-15-14-32-8-4-5-11-35(32)23-36)50-46(49-44)37-24-40(43-41(25-37)39-12-6-7-13-42(39)51-43)33-16-18-38(19-17-33)47-26-29-20-30(27-47)22-31(21-29)28-47/h1-19,23-25,29-31H,20-22,26-28H2. The molecule has 51 heavy (non-hydrogen) atoms. The molecule has 4 aliphatic rings. The molecule has 4 heteroatoms. The van der Waals surface area contributed by atoms with Gasteiger partial charge < -0.3 is 4.42 Å². The molecule has 0 unspecified atom stereocenters. The molecule has 8 aromatic rings. The summed E-state index contributed by atoms with van der Waals surface area (Å²) in [5.74, 6) is 4.71. The smallest absolute Gasteiger partial charge is 0.164 e. The van der Waals surface area contributed by atoms with Crippen LogP contribution in [-0.2, 0) is 5.41 Å². The van der Waals surface area contributed by atoms with Crippen molar-refractivity contribution >= 4 is 32.7 Å². The van der Waals surface area contributed by atoms with Gasteiger partial charge in [-0.2, -0.15) is 0 Å². The van der Waals surface area contributed by atoms with Crippen LogP contribution in [0.25, 0.3) is 78.0 Å². The zero-order chi connectivity index (χ0) is 33.5. The van der Waals surface area contributed by atoms with Crippen LogP contribution in [-0.4, -0.2) is 15.0 Å². The highest BCUT2D eigenvalue weighted by Gasteiger charge is 2.51. The molecule has 4 saturated carbocycles. The van der Waals surface area contributed by atoms with Gasteiger partial charge in [0.05, 0.1) is 0 Å². The van der Waals surface area contributed by atoms with Crippen LogP contribution < -0.4 is 0 Å². The Morgan fingerprint density at radius 1 is 0.471 bits per heavy atom. The Balaban J connectivity index is 1.08. The van der Waals surface area contributed by atoms with Gasteiger partial charge in [-0.25, -0.2) is 15.0 Å². The van der Waals surface area contributed by atoms with E-state index in [1.807, 2.05) is 24.3 Å². The van der Waals surface area contributed by atoms with Crippen LogP contribution in [0.2, 0.25) is 0 Å². The SMILES string of the molecule is c1ccc(-c2nc(-c3ccc4ccccc4c3)nc(-c3cc(-c4ccc(C56CC7CC(CC(C7)C5)C6)cc4)c4oc5ccccc5c4c3)n2)cc1. The highest BCUT2D eigenvalue weighted by molar-refractivity contribution is 6.11. The molecule has 0 amide bonds. The van der Waals surface area contributed by atoms with Gasteiger partial charge in [-0.1, -0.05) is 109 Å². The molecular formula is C47H37N3O. The maximum absolute atomic E-state index is 6.63. The summed E-state index contributed by atoms with van der Waals surface area (Å²) in [6.45, 7) is 0. The second-order valence-corrected chi connectivity index (χ2v) is 15.5. The molecule has 4 nitrogen and oxygen atoms in total. The van der Waals surface area contributed by atoms with E-state index in [0.29, 0.717) is 22.9 Å². The van der Waals surface area contributed by atoms with Crippen molar-refractivity contribution in [1.29, 1.82) is 0 Å². The summed E-state index contributed by atoms with van der Waals surface area (Å²) in [6.07, 6.45) is 8.47. The Bertz CT molecular complexity index is 2580. The van der Waals surface area contributed by atoms with Crippen LogP contribution >= 0.6 is 0 Å². The molecule has 2 heterocycles. The van der Waals surface area contributed by atoms with Crippen molar-refractivity contribution in [3.05, 3.63) is 139 Å². The maximum Gasteiger partial charge on any atom is 0.164 e. The molecule has 12 rings (SSSR count). The lowest BCUT2D eigenvalue weighted by Gasteiger charge is -2.57. The lowest BCUT2D eigenvalue weighted by atomic mass is 9.48. The Hall–Kier alpha value is -5.61. The second kappa shape index (κ2) is 11.2. The van der Waals surface area contributed by atoms with Crippen LogP contribution in [0.3, 0.4) is 0 Å². The van der Waals surface area contributed by atoms with Crippen LogP contribution in [0, 0.1) is 17.8 Å². The quantitative estimate of drug-likeness (QED) is 0.184. The zero-order valence-corrected chi connectivity index (χ0v) is 28.4. The number of fused-ring (bicyclic) bond motifs is 4. The molecule has 0 radical (unpaired) electrons. The summed E-state index contributed by atoms with van der Waals surface area (Å²) < 4.78 is 6.63. The van der Waals surface area contributed by atoms with E-state index in [1.54, 1.807) is 0 Å². The highest BCUT2D eigenvalue weighted by atomic mass is 16.3.